The standard InChI is InChI=1S/C27H26FN7O4S/c28-21-12-17(14-29)4-5-18(21)16-39-24-3-1-2-23(30-24)34-9-7-33(8-10-34)15-22-20(13-19-6-11-38-19)26-35(31-22)32-25(40-26)27(36)37/h1-5,12,19H,6-11,13,15-16H2,(H,36,37). The summed E-state index contributed by atoms with van der Waals surface area (Å²) in [5.41, 5.74) is 2.54. The van der Waals surface area contributed by atoms with Crippen molar-refractivity contribution < 1.29 is 23.8 Å². The van der Waals surface area contributed by atoms with Gasteiger partial charge in [-0.2, -0.15) is 15.3 Å². The predicted molar refractivity (Wildman–Crippen MR) is 143 cm³/mol. The summed E-state index contributed by atoms with van der Waals surface area (Å²) in [4.78, 5) is 21.3. The second-order valence-corrected chi connectivity index (χ2v) is 10.7. The van der Waals surface area contributed by atoms with Crippen LogP contribution in [0.25, 0.3) is 4.83 Å². The monoisotopic (exact) mass is 563 g/mol. The quantitative estimate of drug-likeness (QED) is 0.324. The molecule has 3 aromatic heterocycles. The molecule has 1 atom stereocenters. The molecule has 2 saturated heterocycles. The normalized spacial score (nSPS) is 17.5. The third-order valence-electron chi connectivity index (χ3n) is 7.13. The van der Waals surface area contributed by atoms with Gasteiger partial charge in [0.1, 0.15) is 23.1 Å². The van der Waals surface area contributed by atoms with E-state index in [2.05, 4.69) is 25.0 Å². The summed E-state index contributed by atoms with van der Waals surface area (Å²) in [6.07, 6.45) is 1.81. The SMILES string of the molecule is N#Cc1ccc(COc2cccc(N3CCN(Cc4nn5nc(C(=O)O)sc5c4CC4CCO4)CC3)n2)c(F)c1. The zero-order chi connectivity index (χ0) is 27.6. The van der Waals surface area contributed by atoms with Gasteiger partial charge in [-0.3, -0.25) is 4.90 Å². The highest BCUT2D eigenvalue weighted by molar-refractivity contribution is 7.18. The maximum absolute atomic E-state index is 14.2. The third kappa shape index (κ3) is 5.46. The number of halogens is 1. The molecule has 5 heterocycles. The number of benzene rings is 1. The zero-order valence-electron chi connectivity index (χ0n) is 21.5. The number of carbonyl (C=O) groups is 1. The Hall–Kier alpha value is -4.12. The Morgan fingerprint density at radius 2 is 2.05 bits per heavy atom. The van der Waals surface area contributed by atoms with Gasteiger partial charge in [-0.05, 0) is 24.6 Å². The summed E-state index contributed by atoms with van der Waals surface area (Å²) in [5.74, 6) is -0.347. The largest absolute Gasteiger partial charge is 0.476 e. The van der Waals surface area contributed by atoms with Crippen molar-refractivity contribution in [3.05, 3.63) is 69.6 Å². The minimum absolute atomic E-state index is 0.0148. The fourth-order valence-corrected chi connectivity index (χ4v) is 5.69. The molecule has 0 saturated carbocycles. The van der Waals surface area contributed by atoms with Crippen molar-refractivity contribution in [2.75, 3.05) is 37.7 Å². The molecule has 0 radical (unpaired) electrons. The van der Waals surface area contributed by atoms with E-state index in [1.165, 1.54) is 10.7 Å². The average Bonchev–Trinajstić information content (AvgIpc) is 3.49. The Morgan fingerprint density at radius 3 is 2.75 bits per heavy atom. The van der Waals surface area contributed by atoms with Crippen molar-refractivity contribution in [1.29, 1.82) is 5.26 Å². The lowest BCUT2D eigenvalue weighted by Gasteiger charge is -2.35. The number of hydrogen-bond donors (Lipinski definition) is 1. The number of aromatic nitrogens is 4. The molecule has 40 heavy (non-hydrogen) atoms. The van der Waals surface area contributed by atoms with Gasteiger partial charge in [-0.1, -0.05) is 23.5 Å². The second kappa shape index (κ2) is 11.2. The average molecular weight is 564 g/mol. The number of piperazine rings is 1. The summed E-state index contributed by atoms with van der Waals surface area (Å²) in [6, 6.07) is 11.8. The van der Waals surface area contributed by atoms with Gasteiger partial charge in [0.2, 0.25) is 10.9 Å². The number of carboxylic acid groups (broad SMARTS) is 1. The number of hydrogen-bond acceptors (Lipinski definition) is 10. The number of rotatable bonds is 9. The first-order valence-corrected chi connectivity index (χ1v) is 13.8. The van der Waals surface area contributed by atoms with Crippen molar-refractivity contribution in [1.82, 2.24) is 24.7 Å². The topological polar surface area (TPSA) is 129 Å². The van der Waals surface area contributed by atoms with E-state index in [9.17, 15) is 14.3 Å². The number of nitriles is 1. The van der Waals surface area contributed by atoms with E-state index < -0.39 is 11.8 Å². The molecule has 1 unspecified atom stereocenters. The molecule has 11 nitrogen and oxygen atoms in total. The summed E-state index contributed by atoms with van der Waals surface area (Å²) < 4.78 is 27.0. The van der Waals surface area contributed by atoms with Crippen molar-refractivity contribution in [2.24, 2.45) is 0 Å². The molecule has 4 aromatic rings. The number of fused-ring (bicyclic) bond motifs is 1. The molecule has 1 N–H and O–H groups in total. The Kier molecular flexibility index (Phi) is 7.29. The van der Waals surface area contributed by atoms with E-state index in [1.54, 1.807) is 18.2 Å². The van der Waals surface area contributed by atoms with Crippen LogP contribution in [0.2, 0.25) is 0 Å². The highest BCUT2D eigenvalue weighted by Crippen LogP contribution is 2.28. The number of pyridine rings is 1. The number of aromatic carboxylic acids is 1. The number of anilines is 1. The van der Waals surface area contributed by atoms with Gasteiger partial charge in [0.25, 0.3) is 0 Å². The van der Waals surface area contributed by atoms with Gasteiger partial charge in [-0.25, -0.2) is 9.18 Å². The van der Waals surface area contributed by atoms with E-state index in [0.29, 0.717) is 24.4 Å². The molecule has 2 aliphatic heterocycles. The first-order valence-electron chi connectivity index (χ1n) is 12.9. The Morgan fingerprint density at radius 1 is 1.23 bits per heavy atom. The Balaban J connectivity index is 1.08. The van der Waals surface area contributed by atoms with Gasteiger partial charge < -0.3 is 19.5 Å². The van der Waals surface area contributed by atoms with E-state index in [0.717, 1.165) is 72.4 Å². The number of ether oxygens (including phenoxy) is 2. The lowest BCUT2D eigenvalue weighted by Crippen LogP contribution is -2.46. The van der Waals surface area contributed by atoms with E-state index in [1.807, 2.05) is 18.2 Å². The van der Waals surface area contributed by atoms with E-state index in [4.69, 9.17) is 14.7 Å². The van der Waals surface area contributed by atoms with Gasteiger partial charge in [0.05, 0.1) is 23.4 Å². The fourth-order valence-electron chi connectivity index (χ4n) is 4.82. The molecular weight excluding hydrogens is 537 g/mol. The van der Waals surface area contributed by atoms with Crippen LogP contribution in [0.5, 0.6) is 5.88 Å². The first kappa shape index (κ1) is 26.1. The van der Waals surface area contributed by atoms with Crippen LogP contribution in [0, 0.1) is 17.1 Å². The van der Waals surface area contributed by atoms with Crippen LogP contribution in [0.3, 0.4) is 0 Å². The maximum Gasteiger partial charge on any atom is 0.367 e. The summed E-state index contributed by atoms with van der Waals surface area (Å²) >= 11 is 1.15. The second-order valence-electron chi connectivity index (χ2n) is 9.72. The van der Waals surface area contributed by atoms with Crippen LogP contribution in [0.15, 0.2) is 36.4 Å². The predicted octanol–water partition coefficient (Wildman–Crippen LogP) is 3.13. The zero-order valence-corrected chi connectivity index (χ0v) is 22.3. The lowest BCUT2D eigenvalue weighted by molar-refractivity contribution is -0.0491. The number of carboxylic acids is 1. The van der Waals surface area contributed by atoms with Crippen molar-refractivity contribution in [2.45, 2.75) is 32.1 Å². The van der Waals surface area contributed by atoms with E-state index >= 15 is 0 Å². The van der Waals surface area contributed by atoms with Crippen LogP contribution in [-0.4, -0.2) is 74.7 Å². The van der Waals surface area contributed by atoms with Gasteiger partial charge in [0.15, 0.2) is 0 Å². The van der Waals surface area contributed by atoms with Gasteiger partial charge >= 0.3 is 5.97 Å². The van der Waals surface area contributed by atoms with Gasteiger partial charge in [-0.15, -0.1) is 9.73 Å². The molecule has 206 valence electrons. The first-order chi connectivity index (χ1) is 19.5. The minimum Gasteiger partial charge on any atom is -0.476 e. The van der Waals surface area contributed by atoms with Crippen LogP contribution in [0.4, 0.5) is 10.2 Å². The Labute approximate surface area is 233 Å². The summed E-state index contributed by atoms with van der Waals surface area (Å²) in [6.45, 7) is 4.50. The van der Waals surface area contributed by atoms with E-state index in [-0.39, 0.29) is 23.3 Å². The van der Waals surface area contributed by atoms with Crippen molar-refractivity contribution in [3.63, 3.8) is 0 Å². The molecule has 6 rings (SSSR count). The molecular formula is C27H26FN7O4S. The highest BCUT2D eigenvalue weighted by atomic mass is 32.1. The molecule has 2 aliphatic rings. The van der Waals surface area contributed by atoms with Crippen LogP contribution < -0.4 is 9.64 Å². The maximum atomic E-state index is 14.2. The molecule has 0 amide bonds. The summed E-state index contributed by atoms with van der Waals surface area (Å²) in [7, 11) is 0. The van der Waals surface area contributed by atoms with Crippen LogP contribution in [-0.2, 0) is 24.3 Å². The molecule has 0 spiro atoms. The van der Waals surface area contributed by atoms with Crippen LogP contribution in [0.1, 0.15) is 38.6 Å². The molecule has 1 aromatic carbocycles. The molecule has 2 fully saturated rings. The highest BCUT2D eigenvalue weighted by Gasteiger charge is 2.28. The number of nitrogens with zero attached hydrogens (tertiary/aromatic N) is 7. The fraction of sp³-hybridized carbons (Fsp3) is 0.370. The molecule has 0 aliphatic carbocycles. The van der Waals surface area contributed by atoms with Crippen molar-refractivity contribution >= 4 is 28.0 Å². The minimum atomic E-state index is -1.05. The van der Waals surface area contributed by atoms with Crippen LogP contribution >= 0.6 is 11.3 Å². The summed E-state index contributed by atoms with van der Waals surface area (Å²) in [5, 5.41) is 27.1. The van der Waals surface area contributed by atoms with Gasteiger partial charge in [0, 0.05) is 62.9 Å². The lowest BCUT2D eigenvalue weighted by atomic mass is 10.0. The third-order valence-corrected chi connectivity index (χ3v) is 8.18. The molecule has 13 heteroatoms. The Bertz CT molecular complexity index is 1590. The van der Waals surface area contributed by atoms with Crippen molar-refractivity contribution in [3.8, 4) is 11.9 Å². The smallest absolute Gasteiger partial charge is 0.367 e. The molecule has 0 bridgehead atoms.